The molecule has 0 atom stereocenters. The van der Waals surface area contributed by atoms with Gasteiger partial charge in [0.1, 0.15) is 5.60 Å². The zero-order valence-corrected chi connectivity index (χ0v) is 10.8. The molecule has 0 rings (SSSR count). The summed E-state index contributed by atoms with van der Waals surface area (Å²) in [6.07, 6.45) is -0.355. The van der Waals surface area contributed by atoms with E-state index in [-0.39, 0.29) is 11.2 Å². The van der Waals surface area contributed by atoms with Crippen molar-refractivity contribution < 1.29 is 14.3 Å². The number of nitrogens with zero attached hydrogens (tertiary/aromatic N) is 1. The summed E-state index contributed by atoms with van der Waals surface area (Å²) in [5, 5.41) is 0.0626. The number of thioether (sulfide) groups is 1. The summed E-state index contributed by atoms with van der Waals surface area (Å²) in [5.41, 5.74) is -0.473. The lowest BCUT2D eigenvalue weighted by atomic mass is 10.2. The van der Waals surface area contributed by atoms with Crippen molar-refractivity contribution in [1.29, 1.82) is 0 Å². The van der Waals surface area contributed by atoms with E-state index in [1.54, 1.807) is 7.05 Å². The maximum atomic E-state index is 11.4. The first-order valence-electron chi connectivity index (χ1n) is 4.80. The average Bonchev–Trinajstić information content (AvgIpc) is 1.99. The SMILES string of the molecule is CC(=O)SCCN(C)C(=O)OC(C)(C)C. The van der Waals surface area contributed by atoms with Crippen LogP contribution in [0, 0.1) is 0 Å². The second-order valence-electron chi connectivity index (χ2n) is 4.24. The molecule has 0 aromatic carbocycles. The van der Waals surface area contributed by atoms with Crippen LogP contribution in [-0.2, 0) is 9.53 Å². The molecule has 88 valence electrons. The summed E-state index contributed by atoms with van der Waals surface area (Å²) < 4.78 is 5.15. The minimum absolute atomic E-state index is 0.0626. The molecule has 0 radical (unpaired) electrons. The zero-order chi connectivity index (χ0) is 12.1. The largest absolute Gasteiger partial charge is 0.444 e. The molecule has 0 aliphatic rings. The maximum absolute atomic E-state index is 11.4. The Labute approximate surface area is 95.3 Å². The highest BCUT2D eigenvalue weighted by atomic mass is 32.2. The molecule has 0 heterocycles. The molecule has 15 heavy (non-hydrogen) atoms. The van der Waals surface area contributed by atoms with Crippen LogP contribution >= 0.6 is 11.8 Å². The lowest BCUT2D eigenvalue weighted by molar-refractivity contribution is -0.109. The van der Waals surface area contributed by atoms with Crippen molar-refractivity contribution in [2.24, 2.45) is 0 Å². The van der Waals surface area contributed by atoms with E-state index in [9.17, 15) is 9.59 Å². The molecule has 0 aromatic rings. The van der Waals surface area contributed by atoms with Crippen molar-refractivity contribution in [1.82, 2.24) is 4.90 Å². The molecule has 0 fully saturated rings. The van der Waals surface area contributed by atoms with Gasteiger partial charge in [-0.05, 0) is 20.8 Å². The molecule has 0 aliphatic heterocycles. The van der Waals surface area contributed by atoms with E-state index in [2.05, 4.69) is 0 Å². The Bertz CT molecular complexity index is 235. The molecule has 0 aromatic heterocycles. The number of carbonyl (C=O) groups excluding carboxylic acids is 2. The fourth-order valence-corrected chi connectivity index (χ4v) is 1.41. The number of carbonyl (C=O) groups is 2. The van der Waals surface area contributed by atoms with Gasteiger partial charge in [-0.1, -0.05) is 11.8 Å². The summed E-state index contributed by atoms with van der Waals surface area (Å²) in [4.78, 5) is 23.6. The van der Waals surface area contributed by atoms with Gasteiger partial charge in [-0.15, -0.1) is 0 Å². The Kier molecular flexibility index (Phi) is 5.72. The molecule has 0 saturated carbocycles. The Hall–Kier alpha value is -0.710. The average molecular weight is 233 g/mol. The van der Waals surface area contributed by atoms with Gasteiger partial charge in [-0.2, -0.15) is 0 Å². The van der Waals surface area contributed by atoms with E-state index < -0.39 is 5.60 Å². The van der Waals surface area contributed by atoms with Crippen LogP contribution in [0.25, 0.3) is 0 Å². The maximum Gasteiger partial charge on any atom is 0.410 e. The fraction of sp³-hybridized carbons (Fsp3) is 0.800. The summed E-state index contributed by atoms with van der Waals surface area (Å²) in [7, 11) is 1.66. The monoisotopic (exact) mass is 233 g/mol. The predicted octanol–water partition coefficient (Wildman–Crippen LogP) is 2.13. The molecule has 0 unspecified atom stereocenters. The minimum atomic E-state index is -0.473. The quantitative estimate of drug-likeness (QED) is 0.749. The van der Waals surface area contributed by atoms with Gasteiger partial charge in [-0.25, -0.2) is 4.79 Å². The van der Waals surface area contributed by atoms with Gasteiger partial charge in [0, 0.05) is 26.3 Å². The van der Waals surface area contributed by atoms with E-state index in [0.29, 0.717) is 12.3 Å². The second-order valence-corrected chi connectivity index (χ2v) is 5.51. The van der Waals surface area contributed by atoms with Gasteiger partial charge in [0.25, 0.3) is 0 Å². The predicted molar refractivity (Wildman–Crippen MR) is 62.0 cm³/mol. The van der Waals surface area contributed by atoms with Crippen LogP contribution in [0.15, 0.2) is 0 Å². The van der Waals surface area contributed by atoms with Gasteiger partial charge in [-0.3, -0.25) is 4.79 Å². The van der Waals surface area contributed by atoms with E-state index in [4.69, 9.17) is 4.74 Å². The topological polar surface area (TPSA) is 46.6 Å². The third-order valence-corrected chi connectivity index (χ3v) is 2.23. The van der Waals surface area contributed by atoms with Crippen molar-refractivity contribution in [2.75, 3.05) is 19.3 Å². The van der Waals surface area contributed by atoms with Gasteiger partial charge in [0.2, 0.25) is 0 Å². The number of hydrogen-bond donors (Lipinski definition) is 0. The van der Waals surface area contributed by atoms with Crippen molar-refractivity contribution in [3.05, 3.63) is 0 Å². The molecule has 0 spiro atoms. The van der Waals surface area contributed by atoms with Gasteiger partial charge in [0.05, 0.1) is 0 Å². The first-order chi connectivity index (χ1) is 6.72. The highest BCUT2D eigenvalue weighted by Gasteiger charge is 2.19. The van der Waals surface area contributed by atoms with Crippen LogP contribution in [0.4, 0.5) is 4.79 Å². The number of ether oxygens (including phenoxy) is 1. The van der Waals surface area contributed by atoms with Gasteiger partial charge in [0.15, 0.2) is 5.12 Å². The van der Waals surface area contributed by atoms with Crippen molar-refractivity contribution in [2.45, 2.75) is 33.3 Å². The molecular formula is C10H19NO3S. The minimum Gasteiger partial charge on any atom is -0.444 e. The highest BCUT2D eigenvalue weighted by Crippen LogP contribution is 2.09. The summed E-state index contributed by atoms with van der Waals surface area (Å²) in [6.45, 7) is 7.49. The molecule has 4 nitrogen and oxygen atoms in total. The van der Waals surface area contributed by atoms with Gasteiger partial charge >= 0.3 is 6.09 Å². The Morgan fingerprint density at radius 2 is 1.87 bits per heavy atom. The standard InChI is InChI=1S/C10H19NO3S/c1-8(12)15-7-6-11(5)9(13)14-10(2,3)4/h6-7H2,1-5H3. The van der Waals surface area contributed by atoms with E-state index in [1.807, 2.05) is 20.8 Å². The Morgan fingerprint density at radius 1 is 1.33 bits per heavy atom. The first kappa shape index (κ1) is 14.3. The Balaban J connectivity index is 3.85. The van der Waals surface area contributed by atoms with E-state index in [1.165, 1.54) is 23.6 Å². The lowest BCUT2D eigenvalue weighted by Gasteiger charge is -2.24. The normalized spacial score (nSPS) is 11.0. The number of hydrogen-bond acceptors (Lipinski definition) is 4. The van der Waals surface area contributed by atoms with E-state index in [0.717, 1.165) is 0 Å². The Morgan fingerprint density at radius 3 is 2.27 bits per heavy atom. The molecule has 5 heteroatoms. The smallest absolute Gasteiger partial charge is 0.410 e. The van der Waals surface area contributed by atoms with Crippen molar-refractivity contribution >= 4 is 23.0 Å². The molecule has 0 N–H and O–H groups in total. The van der Waals surface area contributed by atoms with Crippen LogP contribution in [-0.4, -0.2) is 41.1 Å². The van der Waals surface area contributed by atoms with Crippen LogP contribution in [0.2, 0.25) is 0 Å². The van der Waals surface area contributed by atoms with Crippen LogP contribution in [0.5, 0.6) is 0 Å². The third kappa shape index (κ3) is 8.30. The number of rotatable bonds is 3. The molecular weight excluding hydrogens is 214 g/mol. The van der Waals surface area contributed by atoms with Crippen molar-refractivity contribution in [3.63, 3.8) is 0 Å². The summed E-state index contributed by atoms with van der Waals surface area (Å²) in [5.74, 6) is 0.602. The van der Waals surface area contributed by atoms with E-state index >= 15 is 0 Å². The zero-order valence-electron chi connectivity index (χ0n) is 9.99. The fourth-order valence-electron chi connectivity index (χ4n) is 0.757. The first-order valence-corrected chi connectivity index (χ1v) is 5.78. The summed E-state index contributed by atoms with van der Waals surface area (Å²) >= 11 is 1.21. The van der Waals surface area contributed by atoms with Crippen LogP contribution in [0.3, 0.4) is 0 Å². The van der Waals surface area contributed by atoms with Crippen LogP contribution < -0.4 is 0 Å². The molecule has 0 bridgehead atoms. The number of amides is 1. The molecule has 0 saturated heterocycles. The molecule has 0 aliphatic carbocycles. The van der Waals surface area contributed by atoms with Gasteiger partial charge < -0.3 is 9.64 Å². The van der Waals surface area contributed by atoms with Crippen LogP contribution in [0.1, 0.15) is 27.7 Å². The lowest BCUT2D eigenvalue weighted by Crippen LogP contribution is -2.35. The molecule has 1 amide bonds. The second kappa shape index (κ2) is 6.00. The highest BCUT2D eigenvalue weighted by molar-refractivity contribution is 8.13. The summed E-state index contributed by atoms with van der Waals surface area (Å²) in [6, 6.07) is 0. The van der Waals surface area contributed by atoms with Crippen molar-refractivity contribution in [3.8, 4) is 0 Å². The third-order valence-electron chi connectivity index (χ3n) is 1.44.